The summed E-state index contributed by atoms with van der Waals surface area (Å²) in [5.74, 6) is 0.788. The smallest absolute Gasteiger partial charge is 0.195 e. The number of halogens is 2. The molecule has 0 aliphatic rings. The molecule has 3 aromatic rings. The fourth-order valence-corrected chi connectivity index (χ4v) is 3.88. The SMILES string of the molecule is Clc1ccc(CSc2nncn2/N=C/c2cc(Br)cs2)cc1. The number of aromatic nitrogens is 3. The van der Waals surface area contributed by atoms with Gasteiger partial charge in [-0.05, 0) is 39.7 Å². The maximum atomic E-state index is 5.88. The zero-order chi connectivity index (χ0) is 15.4. The van der Waals surface area contributed by atoms with Crippen LogP contribution in [0, 0.1) is 0 Å². The average molecular weight is 414 g/mol. The number of benzene rings is 1. The highest BCUT2D eigenvalue weighted by molar-refractivity contribution is 9.10. The molecule has 0 aliphatic carbocycles. The Labute approximate surface area is 149 Å². The maximum absolute atomic E-state index is 5.88. The molecule has 22 heavy (non-hydrogen) atoms. The summed E-state index contributed by atoms with van der Waals surface area (Å²) in [6, 6.07) is 9.79. The van der Waals surface area contributed by atoms with Gasteiger partial charge in [0.2, 0.25) is 5.16 Å². The number of thiophene rings is 1. The van der Waals surface area contributed by atoms with Crippen molar-refractivity contribution in [3.63, 3.8) is 0 Å². The molecule has 8 heteroatoms. The van der Waals surface area contributed by atoms with E-state index in [2.05, 4.69) is 31.2 Å². The second-order valence-corrected chi connectivity index (χ2v) is 7.52. The first-order valence-electron chi connectivity index (χ1n) is 6.26. The first kappa shape index (κ1) is 15.7. The first-order valence-corrected chi connectivity index (χ1v) is 9.30. The molecule has 3 rings (SSSR count). The van der Waals surface area contributed by atoms with Gasteiger partial charge in [-0.15, -0.1) is 21.5 Å². The fraction of sp³-hybridized carbons (Fsp3) is 0.0714. The summed E-state index contributed by atoms with van der Waals surface area (Å²) in [5.41, 5.74) is 1.18. The molecule has 0 saturated heterocycles. The van der Waals surface area contributed by atoms with E-state index in [0.29, 0.717) is 0 Å². The second kappa shape index (κ2) is 7.41. The molecule has 0 saturated carbocycles. The lowest BCUT2D eigenvalue weighted by atomic mass is 10.2. The minimum absolute atomic E-state index is 0.739. The lowest BCUT2D eigenvalue weighted by Crippen LogP contribution is -1.92. The number of nitrogens with zero attached hydrogens (tertiary/aromatic N) is 4. The lowest BCUT2D eigenvalue weighted by Gasteiger charge is -2.01. The molecule has 0 amide bonds. The van der Waals surface area contributed by atoms with Crippen LogP contribution in [0.1, 0.15) is 10.4 Å². The average Bonchev–Trinajstić information content (AvgIpc) is 3.13. The minimum atomic E-state index is 0.739. The van der Waals surface area contributed by atoms with Gasteiger partial charge in [-0.2, -0.15) is 9.78 Å². The molecule has 0 fully saturated rings. The third kappa shape index (κ3) is 4.19. The van der Waals surface area contributed by atoms with Gasteiger partial charge in [-0.3, -0.25) is 0 Å². The van der Waals surface area contributed by atoms with E-state index in [9.17, 15) is 0 Å². The predicted octanol–water partition coefficient (Wildman–Crippen LogP) is 4.93. The van der Waals surface area contributed by atoms with E-state index in [-0.39, 0.29) is 0 Å². The molecule has 112 valence electrons. The van der Waals surface area contributed by atoms with Crippen LogP contribution in [0.15, 0.2) is 56.8 Å². The Morgan fingerprint density at radius 3 is 2.91 bits per heavy atom. The Morgan fingerprint density at radius 2 is 2.18 bits per heavy atom. The van der Waals surface area contributed by atoms with Crippen molar-refractivity contribution in [1.82, 2.24) is 14.9 Å². The van der Waals surface area contributed by atoms with E-state index in [0.717, 1.165) is 25.3 Å². The van der Waals surface area contributed by atoms with Crippen LogP contribution in [0.4, 0.5) is 0 Å². The Hall–Kier alpha value is -1.15. The van der Waals surface area contributed by atoms with Gasteiger partial charge in [-0.1, -0.05) is 35.5 Å². The van der Waals surface area contributed by atoms with Crippen molar-refractivity contribution in [2.45, 2.75) is 10.9 Å². The van der Waals surface area contributed by atoms with Crippen molar-refractivity contribution in [2.75, 3.05) is 0 Å². The van der Waals surface area contributed by atoms with Crippen molar-refractivity contribution in [2.24, 2.45) is 5.10 Å². The zero-order valence-electron chi connectivity index (χ0n) is 11.2. The van der Waals surface area contributed by atoms with Crippen LogP contribution in [0.5, 0.6) is 0 Å². The molecule has 2 heterocycles. The number of hydrogen-bond acceptors (Lipinski definition) is 5. The summed E-state index contributed by atoms with van der Waals surface area (Å²) in [6.45, 7) is 0. The number of thioether (sulfide) groups is 1. The second-order valence-electron chi connectivity index (χ2n) is 4.29. The highest BCUT2D eigenvalue weighted by atomic mass is 79.9. The van der Waals surface area contributed by atoms with E-state index >= 15 is 0 Å². The van der Waals surface area contributed by atoms with Crippen LogP contribution < -0.4 is 0 Å². The van der Waals surface area contributed by atoms with Crippen molar-refractivity contribution >= 4 is 56.8 Å². The van der Waals surface area contributed by atoms with E-state index in [1.165, 1.54) is 5.56 Å². The monoisotopic (exact) mass is 412 g/mol. The van der Waals surface area contributed by atoms with Crippen molar-refractivity contribution in [3.05, 3.63) is 62.0 Å². The quantitative estimate of drug-likeness (QED) is 0.440. The van der Waals surface area contributed by atoms with E-state index in [1.54, 1.807) is 40.3 Å². The fourth-order valence-electron chi connectivity index (χ4n) is 1.64. The molecule has 0 N–H and O–H groups in total. The molecule has 0 radical (unpaired) electrons. The standard InChI is InChI=1S/C14H10BrClN4S2/c15-11-5-13(21-8-11)6-18-20-9-17-19-14(20)22-7-10-1-3-12(16)4-2-10/h1-6,8-9H,7H2/b18-6+. The number of rotatable bonds is 5. The largest absolute Gasteiger partial charge is 0.212 e. The summed E-state index contributed by atoms with van der Waals surface area (Å²) in [6.07, 6.45) is 3.40. The molecule has 0 atom stereocenters. The molecular weight excluding hydrogens is 404 g/mol. The Morgan fingerprint density at radius 1 is 1.36 bits per heavy atom. The zero-order valence-corrected chi connectivity index (χ0v) is 15.2. The summed E-state index contributed by atoms with van der Waals surface area (Å²) < 4.78 is 2.73. The van der Waals surface area contributed by atoms with Gasteiger partial charge in [0.05, 0.1) is 6.21 Å². The molecule has 0 aliphatic heterocycles. The van der Waals surface area contributed by atoms with E-state index in [1.807, 2.05) is 35.7 Å². The Bertz CT molecular complexity index is 782. The third-order valence-corrected chi connectivity index (χ3v) is 5.56. The molecule has 1 aromatic carbocycles. The van der Waals surface area contributed by atoms with Gasteiger partial charge >= 0.3 is 0 Å². The van der Waals surface area contributed by atoms with Crippen molar-refractivity contribution in [3.8, 4) is 0 Å². The van der Waals surface area contributed by atoms with E-state index < -0.39 is 0 Å². The van der Waals surface area contributed by atoms with Gasteiger partial charge in [0.25, 0.3) is 0 Å². The van der Waals surface area contributed by atoms with Crippen LogP contribution in [0.25, 0.3) is 0 Å². The van der Waals surface area contributed by atoms with Crippen LogP contribution in [-0.4, -0.2) is 21.1 Å². The molecule has 0 spiro atoms. The molecule has 0 bridgehead atoms. The predicted molar refractivity (Wildman–Crippen MR) is 96.0 cm³/mol. The molecule has 2 aromatic heterocycles. The Kier molecular flexibility index (Phi) is 5.30. The first-order chi connectivity index (χ1) is 10.7. The summed E-state index contributed by atoms with van der Waals surface area (Å²) in [5, 5.41) is 15.9. The molecule has 0 unspecified atom stereocenters. The minimum Gasteiger partial charge on any atom is -0.195 e. The third-order valence-electron chi connectivity index (χ3n) is 2.68. The van der Waals surface area contributed by atoms with Gasteiger partial charge in [0.15, 0.2) is 0 Å². The van der Waals surface area contributed by atoms with Crippen LogP contribution in [-0.2, 0) is 5.75 Å². The van der Waals surface area contributed by atoms with Gasteiger partial charge in [-0.25, -0.2) is 0 Å². The normalized spacial score (nSPS) is 11.4. The van der Waals surface area contributed by atoms with Crippen LogP contribution >= 0.6 is 50.6 Å². The highest BCUT2D eigenvalue weighted by Gasteiger charge is 2.05. The summed E-state index contributed by atoms with van der Waals surface area (Å²) in [4.78, 5) is 1.06. The number of hydrogen-bond donors (Lipinski definition) is 0. The van der Waals surface area contributed by atoms with Crippen LogP contribution in [0.2, 0.25) is 5.02 Å². The molecule has 4 nitrogen and oxygen atoms in total. The Balaban J connectivity index is 1.67. The maximum Gasteiger partial charge on any atom is 0.212 e. The topological polar surface area (TPSA) is 43.1 Å². The molecular formula is C14H10BrClN4S2. The summed E-state index contributed by atoms with van der Waals surface area (Å²) >= 11 is 12.5. The van der Waals surface area contributed by atoms with Gasteiger partial charge in [0, 0.05) is 25.5 Å². The lowest BCUT2D eigenvalue weighted by molar-refractivity contribution is 0.767. The van der Waals surface area contributed by atoms with E-state index in [4.69, 9.17) is 11.6 Å². The van der Waals surface area contributed by atoms with Crippen molar-refractivity contribution < 1.29 is 0 Å². The van der Waals surface area contributed by atoms with Crippen LogP contribution in [0.3, 0.4) is 0 Å². The van der Waals surface area contributed by atoms with Crippen molar-refractivity contribution in [1.29, 1.82) is 0 Å². The van der Waals surface area contributed by atoms with Gasteiger partial charge in [0.1, 0.15) is 6.33 Å². The van der Waals surface area contributed by atoms with Gasteiger partial charge < -0.3 is 0 Å². The summed E-state index contributed by atoms with van der Waals surface area (Å²) in [7, 11) is 0. The highest BCUT2D eigenvalue weighted by Crippen LogP contribution is 2.22.